The Labute approximate surface area is 122 Å². The van der Waals surface area contributed by atoms with Gasteiger partial charge in [0.15, 0.2) is 0 Å². The highest BCUT2D eigenvalue weighted by Crippen LogP contribution is 2.20. The van der Waals surface area contributed by atoms with Crippen molar-refractivity contribution < 1.29 is 9.21 Å². The van der Waals surface area contributed by atoms with Gasteiger partial charge in [0, 0.05) is 37.4 Å². The molecule has 21 heavy (non-hydrogen) atoms. The van der Waals surface area contributed by atoms with Crippen molar-refractivity contribution in [3.63, 3.8) is 0 Å². The summed E-state index contributed by atoms with van der Waals surface area (Å²) in [6.07, 6.45) is 1.28. The second kappa shape index (κ2) is 5.92. The van der Waals surface area contributed by atoms with E-state index in [-0.39, 0.29) is 6.03 Å². The molecule has 2 aromatic rings. The molecule has 1 aliphatic rings. The van der Waals surface area contributed by atoms with E-state index < -0.39 is 0 Å². The van der Waals surface area contributed by atoms with Crippen LogP contribution in [0, 0.1) is 0 Å². The van der Waals surface area contributed by atoms with Gasteiger partial charge in [-0.3, -0.25) is 0 Å². The fraction of sp³-hybridized carbons (Fsp3) is 0.357. The van der Waals surface area contributed by atoms with E-state index >= 15 is 0 Å². The average molecular weight is 287 g/mol. The van der Waals surface area contributed by atoms with Crippen LogP contribution in [-0.4, -0.2) is 59.3 Å². The fourth-order valence-corrected chi connectivity index (χ4v) is 2.24. The van der Waals surface area contributed by atoms with Crippen molar-refractivity contribution in [1.29, 1.82) is 0 Å². The number of amides is 2. The topological polar surface area (TPSA) is 74.5 Å². The van der Waals surface area contributed by atoms with Crippen LogP contribution in [0.4, 0.5) is 10.5 Å². The number of urea groups is 1. The molecule has 1 saturated heterocycles. The number of anilines is 1. The van der Waals surface area contributed by atoms with E-state index in [0.29, 0.717) is 5.89 Å². The highest BCUT2D eigenvalue weighted by Gasteiger charge is 2.19. The van der Waals surface area contributed by atoms with Gasteiger partial charge in [-0.2, -0.15) is 0 Å². The fourth-order valence-electron chi connectivity index (χ4n) is 2.24. The number of nitrogens with one attached hydrogen (secondary N) is 1. The molecule has 0 bridgehead atoms. The van der Waals surface area contributed by atoms with Gasteiger partial charge < -0.3 is 19.5 Å². The molecule has 3 rings (SSSR count). The summed E-state index contributed by atoms with van der Waals surface area (Å²) in [6.45, 7) is 3.28. The van der Waals surface area contributed by atoms with Gasteiger partial charge >= 0.3 is 6.03 Å². The maximum absolute atomic E-state index is 12.2. The predicted octanol–water partition coefficient (Wildman–Crippen LogP) is 1.52. The van der Waals surface area contributed by atoms with Gasteiger partial charge in [-0.15, -0.1) is 10.2 Å². The van der Waals surface area contributed by atoms with Crippen LogP contribution in [0.3, 0.4) is 0 Å². The molecule has 7 heteroatoms. The third kappa shape index (κ3) is 3.19. The molecule has 2 amide bonds. The first-order chi connectivity index (χ1) is 10.2. The first-order valence-electron chi connectivity index (χ1n) is 6.83. The van der Waals surface area contributed by atoms with E-state index in [1.54, 1.807) is 0 Å². The number of benzene rings is 1. The Kier molecular flexibility index (Phi) is 3.83. The van der Waals surface area contributed by atoms with Crippen molar-refractivity contribution in [1.82, 2.24) is 20.0 Å². The van der Waals surface area contributed by atoms with Gasteiger partial charge in [-0.1, -0.05) is 6.07 Å². The van der Waals surface area contributed by atoms with E-state index in [9.17, 15) is 4.79 Å². The monoisotopic (exact) mass is 287 g/mol. The standard InChI is InChI=1S/C14H17N5O2/c1-18-5-7-19(8-6-18)14(20)16-12-4-2-3-11(9-12)13-17-15-10-21-13/h2-4,9-10H,5-8H2,1H3,(H,16,20). The van der Waals surface area contributed by atoms with Crippen LogP contribution in [0.15, 0.2) is 35.1 Å². The van der Waals surface area contributed by atoms with Gasteiger partial charge in [0.2, 0.25) is 12.3 Å². The van der Waals surface area contributed by atoms with E-state index in [0.717, 1.165) is 37.4 Å². The Morgan fingerprint density at radius 1 is 1.29 bits per heavy atom. The van der Waals surface area contributed by atoms with Gasteiger partial charge in [-0.05, 0) is 25.2 Å². The van der Waals surface area contributed by atoms with Gasteiger partial charge in [0.1, 0.15) is 0 Å². The highest BCUT2D eigenvalue weighted by atomic mass is 16.4. The predicted molar refractivity (Wildman–Crippen MR) is 77.8 cm³/mol. The lowest BCUT2D eigenvalue weighted by Gasteiger charge is -2.32. The second-order valence-electron chi connectivity index (χ2n) is 5.05. The van der Waals surface area contributed by atoms with Crippen LogP contribution in [0.2, 0.25) is 0 Å². The summed E-state index contributed by atoms with van der Waals surface area (Å²) in [5.74, 6) is 0.436. The normalized spacial score (nSPS) is 16.0. The van der Waals surface area contributed by atoms with Crippen molar-refractivity contribution in [2.75, 3.05) is 38.5 Å². The molecule has 7 nitrogen and oxygen atoms in total. The minimum Gasteiger partial charge on any atom is -0.423 e. The van der Waals surface area contributed by atoms with Crippen LogP contribution in [-0.2, 0) is 0 Å². The number of carbonyl (C=O) groups excluding carboxylic acids is 1. The van der Waals surface area contributed by atoms with E-state index in [1.165, 1.54) is 6.39 Å². The summed E-state index contributed by atoms with van der Waals surface area (Å²) in [6, 6.07) is 7.29. The number of piperazine rings is 1. The Morgan fingerprint density at radius 3 is 2.81 bits per heavy atom. The van der Waals surface area contributed by atoms with Crippen LogP contribution in [0.5, 0.6) is 0 Å². The number of carbonyl (C=O) groups is 1. The summed E-state index contributed by atoms with van der Waals surface area (Å²) in [5, 5.41) is 10.4. The summed E-state index contributed by atoms with van der Waals surface area (Å²) in [4.78, 5) is 16.2. The molecule has 0 radical (unpaired) electrons. The Hall–Kier alpha value is -2.41. The number of aromatic nitrogens is 2. The molecule has 0 atom stereocenters. The van der Waals surface area contributed by atoms with Gasteiger partial charge in [-0.25, -0.2) is 4.79 Å². The number of nitrogens with zero attached hydrogens (tertiary/aromatic N) is 4. The van der Waals surface area contributed by atoms with Crippen molar-refractivity contribution in [2.24, 2.45) is 0 Å². The van der Waals surface area contributed by atoms with Crippen molar-refractivity contribution in [2.45, 2.75) is 0 Å². The third-order valence-electron chi connectivity index (χ3n) is 3.51. The molecule has 1 N–H and O–H groups in total. The molecule has 110 valence electrons. The molecule has 1 aromatic carbocycles. The second-order valence-corrected chi connectivity index (χ2v) is 5.05. The molecule has 1 aromatic heterocycles. The van der Waals surface area contributed by atoms with Crippen LogP contribution in [0.25, 0.3) is 11.5 Å². The Balaban J connectivity index is 1.67. The Morgan fingerprint density at radius 2 is 2.10 bits per heavy atom. The van der Waals surface area contributed by atoms with Crippen LogP contribution in [0.1, 0.15) is 0 Å². The van der Waals surface area contributed by atoms with Crippen LogP contribution >= 0.6 is 0 Å². The first-order valence-corrected chi connectivity index (χ1v) is 6.83. The number of rotatable bonds is 2. The lowest BCUT2D eigenvalue weighted by molar-refractivity contribution is 0.164. The molecule has 1 fully saturated rings. The van der Waals surface area contributed by atoms with Crippen LogP contribution < -0.4 is 5.32 Å². The summed E-state index contributed by atoms with van der Waals surface area (Å²) < 4.78 is 5.16. The Bertz CT molecular complexity index is 606. The smallest absolute Gasteiger partial charge is 0.321 e. The largest absolute Gasteiger partial charge is 0.423 e. The van der Waals surface area contributed by atoms with Crippen molar-refractivity contribution >= 4 is 11.7 Å². The number of likely N-dealkylation sites (N-methyl/N-ethyl adjacent to an activating group) is 1. The zero-order valence-corrected chi connectivity index (χ0v) is 11.8. The van der Waals surface area contributed by atoms with E-state index in [2.05, 4.69) is 27.5 Å². The summed E-state index contributed by atoms with van der Waals surface area (Å²) in [5.41, 5.74) is 1.50. The van der Waals surface area contributed by atoms with Crippen molar-refractivity contribution in [3.8, 4) is 11.5 Å². The molecular formula is C14H17N5O2. The molecule has 0 saturated carbocycles. The third-order valence-corrected chi connectivity index (χ3v) is 3.51. The summed E-state index contributed by atoms with van der Waals surface area (Å²) in [7, 11) is 2.06. The maximum Gasteiger partial charge on any atom is 0.321 e. The number of hydrogen-bond acceptors (Lipinski definition) is 5. The average Bonchev–Trinajstić information content (AvgIpc) is 3.02. The van der Waals surface area contributed by atoms with Gasteiger partial charge in [0.25, 0.3) is 0 Å². The zero-order chi connectivity index (χ0) is 14.7. The van der Waals surface area contributed by atoms with Crippen molar-refractivity contribution in [3.05, 3.63) is 30.7 Å². The minimum atomic E-state index is -0.0780. The SMILES string of the molecule is CN1CCN(C(=O)Nc2cccc(-c3nnco3)c2)CC1. The maximum atomic E-state index is 12.2. The lowest BCUT2D eigenvalue weighted by atomic mass is 10.2. The first kappa shape index (κ1) is 13.6. The molecule has 2 heterocycles. The number of hydrogen-bond donors (Lipinski definition) is 1. The molecule has 0 aliphatic carbocycles. The molecule has 1 aliphatic heterocycles. The zero-order valence-electron chi connectivity index (χ0n) is 11.8. The minimum absolute atomic E-state index is 0.0780. The molecular weight excluding hydrogens is 270 g/mol. The molecule has 0 spiro atoms. The van der Waals surface area contributed by atoms with E-state index in [4.69, 9.17) is 4.42 Å². The quantitative estimate of drug-likeness (QED) is 0.906. The molecule has 0 unspecified atom stereocenters. The summed E-state index contributed by atoms with van der Waals surface area (Å²) >= 11 is 0. The highest BCUT2D eigenvalue weighted by molar-refractivity contribution is 5.90. The van der Waals surface area contributed by atoms with E-state index in [1.807, 2.05) is 29.2 Å². The lowest BCUT2D eigenvalue weighted by Crippen LogP contribution is -2.48. The van der Waals surface area contributed by atoms with Gasteiger partial charge in [0.05, 0.1) is 0 Å².